The van der Waals surface area contributed by atoms with E-state index in [0.717, 1.165) is 5.75 Å². The van der Waals surface area contributed by atoms with Crippen LogP contribution in [0.15, 0.2) is 0 Å². The lowest BCUT2D eigenvalue weighted by atomic mass is 10.4. The zero-order chi connectivity index (χ0) is 6.41. The summed E-state index contributed by atoms with van der Waals surface area (Å²) >= 11 is 4.91. The SMILES string of the molecule is CCCCS(=S)OC. The smallest absolute Gasteiger partial charge is 0.0506 e. The molecule has 1 nitrogen and oxygen atoms in total. The molecule has 0 N–H and O–H groups in total. The molecule has 0 aromatic heterocycles. The van der Waals surface area contributed by atoms with Gasteiger partial charge in [-0.25, -0.2) is 0 Å². The summed E-state index contributed by atoms with van der Waals surface area (Å²) in [5.41, 5.74) is 0. The summed E-state index contributed by atoms with van der Waals surface area (Å²) in [7, 11) is 1.48. The van der Waals surface area contributed by atoms with Crippen molar-refractivity contribution in [2.75, 3.05) is 12.9 Å². The maximum absolute atomic E-state index is 4.91. The Bertz CT molecular complexity index is 72.8. The Labute approximate surface area is 58.2 Å². The largest absolute Gasteiger partial charge is 0.316 e. The highest BCUT2D eigenvalue weighted by Crippen LogP contribution is 1.91. The van der Waals surface area contributed by atoms with Crippen LogP contribution < -0.4 is 0 Å². The molecule has 3 heteroatoms. The van der Waals surface area contributed by atoms with Crippen LogP contribution in [-0.4, -0.2) is 12.9 Å². The summed E-state index contributed by atoms with van der Waals surface area (Å²) in [5, 5.41) is 0. The number of hydrogen-bond donors (Lipinski definition) is 0. The van der Waals surface area contributed by atoms with Crippen LogP contribution in [0.5, 0.6) is 0 Å². The van der Waals surface area contributed by atoms with Gasteiger partial charge in [0.05, 0.1) is 7.11 Å². The van der Waals surface area contributed by atoms with E-state index < -0.39 is 0 Å². The average Bonchev–Trinajstić information content (AvgIpc) is 1.83. The molecular formula is C5H12OS2. The molecule has 0 aromatic carbocycles. The van der Waals surface area contributed by atoms with Crippen molar-refractivity contribution >= 4 is 20.9 Å². The first-order valence-electron chi connectivity index (χ1n) is 2.74. The Balaban J connectivity index is 2.99. The summed E-state index contributed by atoms with van der Waals surface area (Å²) in [6, 6.07) is 0. The Kier molecular flexibility index (Phi) is 6.04. The molecule has 0 rings (SSSR count). The van der Waals surface area contributed by atoms with Gasteiger partial charge in [-0.1, -0.05) is 13.3 Å². The van der Waals surface area contributed by atoms with E-state index in [9.17, 15) is 0 Å². The summed E-state index contributed by atoms with van der Waals surface area (Å²) in [4.78, 5) is 0. The fraction of sp³-hybridized carbons (Fsp3) is 1.00. The minimum atomic E-state index is -0.194. The minimum Gasteiger partial charge on any atom is -0.316 e. The van der Waals surface area contributed by atoms with E-state index in [1.165, 1.54) is 12.8 Å². The zero-order valence-electron chi connectivity index (χ0n) is 5.35. The lowest BCUT2D eigenvalue weighted by Gasteiger charge is -1.97. The third-order valence-electron chi connectivity index (χ3n) is 0.850. The highest BCUT2D eigenvalue weighted by molar-refractivity contribution is 8.26. The fourth-order valence-corrected chi connectivity index (χ4v) is 1.39. The van der Waals surface area contributed by atoms with Gasteiger partial charge in [0.2, 0.25) is 0 Å². The Hall–Kier alpha value is 0.530. The van der Waals surface area contributed by atoms with Gasteiger partial charge in [0.1, 0.15) is 0 Å². The van der Waals surface area contributed by atoms with Gasteiger partial charge in [0.25, 0.3) is 0 Å². The lowest BCUT2D eigenvalue weighted by molar-refractivity contribution is 0.482. The highest BCUT2D eigenvalue weighted by Gasteiger charge is 1.87. The number of rotatable bonds is 4. The van der Waals surface area contributed by atoms with Crippen molar-refractivity contribution in [3.63, 3.8) is 0 Å². The quantitative estimate of drug-likeness (QED) is 0.602. The van der Waals surface area contributed by atoms with E-state index in [0.29, 0.717) is 0 Å². The van der Waals surface area contributed by atoms with Gasteiger partial charge in [-0.2, -0.15) is 0 Å². The van der Waals surface area contributed by atoms with Gasteiger partial charge in [0, 0.05) is 15.5 Å². The van der Waals surface area contributed by atoms with Crippen molar-refractivity contribution in [3.05, 3.63) is 0 Å². The molecule has 0 fully saturated rings. The zero-order valence-corrected chi connectivity index (χ0v) is 6.98. The standard InChI is InChI=1S/C5H12OS2/c1-3-4-5-8(7)6-2/h3-5H2,1-2H3. The molecule has 0 saturated heterocycles. The first-order valence-corrected chi connectivity index (χ1v) is 4.98. The van der Waals surface area contributed by atoms with E-state index in [1.54, 1.807) is 7.11 Å². The van der Waals surface area contributed by atoms with Crippen molar-refractivity contribution < 1.29 is 4.18 Å². The first-order chi connectivity index (χ1) is 3.81. The Morgan fingerprint density at radius 1 is 1.62 bits per heavy atom. The fourth-order valence-electron chi connectivity index (χ4n) is 0.346. The molecule has 0 aliphatic heterocycles. The Morgan fingerprint density at radius 2 is 2.25 bits per heavy atom. The van der Waals surface area contributed by atoms with E-state index >= 15 is 0 Å². The third kappa shape index (κ3) is 4.68. The minimum absolute atomic E-state index is 0.194. The summed E-state index contributed by atoms with van der Waals surface area (Å²) in [6.45, 7) is 2.15. The molecule has 8 heavy (non-hydrogen) atoms. The van der Waals surface area contributed by atoms with Crippen molar-refractivity contribution in [3.8, 4) is 0 Å². The average molecular weight is 152 g/mol. The van der Waals surface area contributed by atoms with Gasteiger partial charge in [0.15, 0.2) is 0 Å². The van der Waals surface area contributed by atoms with Crippen LogP contribution in [0.3, 0.4) is 0 Å². The van der Waals surface area contributed by atoms with Gasteiger partial charge in [-0.05, 0) is 17.6 Å². The molecule has 0 radical (unpaired) electrons. The van der Waals surface area contributed by atoms with Crippen molar-refractivity contribution in [1.82, 2.24) is 0 Å². The van der Waals surface area contributed by atoms with Crippen LogP contribution in [0.4, 0.5) is 0 Å². The predicted octanol–water partition coefficient (Wildman–Crippen LogP) is 1.43. The second-order valence-electron chi connectivity index (χ2n) is 1.53. The van der Waals surface area contributed by atoms with Crippen LogP contribution in [-0.2, 0) is 25.1 Å². The molecule has 0 amide bonds. The second kappa shape index (κ2) is 5.66. The maximum Gasteiger partial charge on any atom is 0.0506 e. The molecule has 0 aliphatic carbocycles. The van der Waals surface area contributed by atoms with E-state index in [4.69, 9.17) is 15.4 Å². The van der Waals surface area contributed by atoms with Gasteiger partial charge < -0.3 is 4.18 Å². The molecule has 0 aromatic rings. The molecular weight excluding hydrogens is 140 g/mol. The van der Waals surface area contributed by atoms with Crippen molar-refractivity contribution in [1.29, 1.82) is 0 Å². The summed E-state index contributed by atoms with van der Waals surface area (Å²) < 4.78 is 4.89. The lowest BCUT2D eigenvalue weighted by Crippen LogP contribution is -1.95. The maximum atomic E-state index is 4.91. The van der Waals surface area contributed by atoms with E-state index in [2.05, 4.69) is 6.92 Å². The second-order valence-corrected chi connectivity index (χ2v) is 3.99. The van der Waals surface area contributed by atoms with E-state index in [1.807, 2.05) is 0 Å². The van der Waals surface area contributed by atoms with E-state index in [-0.39, 0.29) is 9.74 Å². The van der Waals surface area contributed by atoms with Crippen molar-refractivity contribution in [2.45, 2.75) is 19.8 Å². The molecule has 0 spiro atoms. The van der Waals surface area contributed by atoms with Gasteiger partial charge in [-0.3, -0.25) is 0 Å². The molecule has 0 bridgehead atoms. The normalized spacial score (nSPS) is 13.8. The van der Waals surface area contributed by atoms with Gasteiger partial charge >= 0.3 is 0 Å². The molecule has 1 atom stereocenters. The van der Waals surface area contributed by atoms with Crippen LogP contribution in [0.1, 0.15) is 19.8 Å². The van der Waals surface area contributed by atoms with Crippen LogP contribution >= 0.6 is 0 Å². The Morgan fingerprint density at radius 3 is 2.62 bits per heavy atom. The van der Waals surface area contributed by atoms with Crippen LogP contribution in [0.25, 0.3) is 0 Å². The molecule has 50 valence electrons. The summed E-state index contributed by atoms with van der Waals surface area (Å²) in [5.74, 6) is 1.04. The molecule has 0 heterocycles. The molecule has 0 aliphatic rings. The molecule has 1 unspecified atom stereocenters. The molecule has 0 saturated carbocycles. The van der Waals surface area contributed by atoms with Crippen molar-refractivity contribution in [2.24, 2.45) is 0 Å². The highest BCUT2D eigenvalue weighted by atomic mass is 32.8. The predicted molar refractivity (Wildman–Crippen MR) is 41.5 cm³/mol. The number of unbranched alkanes of at least 4 members (excludes halogenated alkanes) is 1. The summed E-state index contributed by atoms with van der Waals surface area (Å²) in [6.07, 6.45) is 2.41. The topological polar surface area (TPSA) is 9.23 Å². The third-order valence-corrected chi connectivity index (χ3v) is 2.75. The van der Waals surface area contributed by atoms with Gasteiger partial charge in [-0.15, -0.1) is 0 Å². The van der Waals surface area contributed by atoms with Crippen LogP contribution in [0, 0.1) is 0 Å². The van der Waals surface area contributed by atoms with Crippen LogP contribution in [0.2, 0.25) is 0 Å². The number of hydrogen-bond acceptors (Lipinski definition) is 2. The monoisotopic (exact) mass is 152 g/mol. The first kappa shape index (κ1) is 8.53.